The molecule has 0 radical (unpaired) electrons. The molecule has 3 rings (SSSR count). The third-order valence-electron chi connectivity index (χ3n) is 2.84. The van der Waals surface area contributed by atoms with E-state index in [9.17, 15) is 0 Å². The summed E-state index contributed by atoms with van der Waals surface area (Å²) >= 11 is 20.5. The number of hydrogen-bond donors (Lipinski definition) is 0. The van der Waals surface area contributed by atoms with Gasteiger partial charge in [0.1, 0.15) is 0 Å². The van der Waals surface area contributed by atoms with Gasteiger partial charge in [0.15, 0.2) is 21.7 Å². The van der Waals surface area contributed by atoms with E-state index in [4.69, 9.17) is 9.78 Å². The third-order valence-corrected chi connectivity index (χ3v) is 4.97. The highest BCUT2D eigenvalue weighted by Crippen LogP contribution is 2.47. The zero-order chi connectivity index (χ0) is 16.8. The zero-order valence-electron chi connectivity index (χ0n) is 10.9. The molecule has 5 nitrogen and oxygen atoms in total. The first-order valence-electron chi connectivity index (χ1n) is 6.02. The van der Waals surface area contributed by atoms with Gasteiger partial charge in [-0.2, -0.15) is 0 Å². The smallest absolute Gasteiger partial charge is 0.230 e. The molecule has 0 bridgehead atoms. The number of aromatic nitrogens is 3. The van der Waals surface area contributed by atoms with Gasteiger partial charge in [0.05, 0.1) is 5.57 Å². The first-order chi connectivity index (χ1) is 10.7. The van der Waals surface area contributed by atoms with Crippen molar-refractivity contribution in [3.8, 4) is 0 Å². The van der Waals surface area contributed by atoms with Crippen LogP contribution in [-0.2, 0) is 14.1 Å². The van der Waals surface area contributed by atoms with E-state index in [1.54, 1.807) is 0 Å². The lowest BCUT2D eigenvalue weighted by molar-refractivity contribution is -0.179. The van der Waals surface area contributed by atoms with Crippen molar-refractivity contribution in [2.24, 2.45) is 0 Å². The highest BCUT2D eigenvalue weighted by Gasteiger charge is 2.35. The van der Waals surface area contributed by atoms with Crippen LogP contribution in [0.3, 0.4) is 0 Å². The molecule has 1 aliphatic carbocycles. The molecular formula is C12H5Br6N3O2. The van der Waals surface area contributed by atoms with Crippen LogP contribution in [-0.4, -0.2) is 15.0 Å². The predicted octanol–water partition coefficient (Wildman–Crippen LogP) is 5.98. The van der Waals surface area contributed by atoms with Crippen LogP contribution < -0.4 is 0 Å². The van der Waals surface area contributed by atoms with E-state index in [1.165, 1.54) is 0 Å². The average Bonchev–Trinajstić information content (AvgIpc) is 2.89. The first-order valence-corrected chi connectivity index (χ1v) is 10.8. The maximum Gasteiger partial charge on any atom is 0.230 e. The summed E-state index contributed by atoms with van der Waals surface area (Å²) in [5.41, 5.74) is 0.893. The van der Waals surface area contributed by atoms with Gasteiger partial charge >= 0.3 is 0 Å². The highest BCUT2D eigenvalue weighted by molar-refractivity contribution is 9.39. The fraction of sp³-hybridized carbons (Fsp3) is 0.250. The second-order valence-electron chi connectivity index (χ2n) is 4.44. The Morgan fingerprint density at radius 2 is 1.48 bits per heavy atom. The molecular weight excluding hydrogens is 698 g/mol. The first kappa shape index (κ1) is 18.5. The average molecular weight is 703 g/mol. The lowest BCUT2D eigenvalue weighted by Gasteiger charge is -2.16. The monoisotopic (exact) mass is 697 g/mol. The standard InChI is InChI=1S/C12H5Br6N3O2/c13-11(14,15)9-19-8(20-10(21-9)12(16,17)18)7-5-3-1-2-4-6(5)22-23-7/h1-2,4H,3H2. The van der Waals surface area contributed by atoms with E-state index in [1.807, 2.05) is 18.2 Å². The van der Waals surface area contributed by atoms with E-state index >= 15 is 0 Å². The van der Waals surface area contributed by atoms with Gasteiger partial charge in [0, 0.05) is 0 Å². The Kier molecular flexibility index (Phi) is 5.46. The summed E-state index contributed by atoms with van der Waals surface area (Å²) in [5.74, 6) is 2.33. The van der Waals surface area contributed by atoms with Crippen LogP contribution in [0.15, 0.2) is 29.6 Å². The van der Waals surface area contributed by atoms with E-state index in [2.05, 4.69) is 111 Å². The summed E-state index contributed by atoms with van der Waals surface area (Å²) in [6.45, 7) is 0. The zero-order valence-corrected chi connectivity index (χ0v) is 20.4. The van der Waals surface area contributed by atoms with Crippen LogP contribution in [0.4, 0.5) is 0 Å². The molecule has 1 aromatic heterocycles. The van der Waals surface area contributed by atoms with Crippen LogP contribution in [0, 0.1) is 0 Å². The Morgan fingerprint density at radius 3 is 2.04 bits per heavy atom. The molecule has 0 aromatic carbocycles. The highest BCUT2D eigenvalue weighted by atomic mass is 80.0. The molecule has 0 saturated carbocycles. The van der Waals surface area contributed by atoms with Crippen molar-refractivity contribution in [1.82, 2.24) is 15.0 Å². The summed E-state index contributed by atoms with van der Waals surface area (Å²) in [7, 11) is 0. The molecule has 1 aliphatic heterocycles. The molecule has 2 aliphatic rings. The predicted molar refractivity (Wildman–Crippen MR) is 108 cm³/mol. The van der Waals surface area contributed by atoms with E-state index < -0.39 is 4.29 Å². The van der Waals surface area contributed by atoms with Crippen molar-refractivity contribution in [1.29, 1.82) is 0 Å². The van der Waals surface area contributed by atoms with Crippen molar-refractivity contribution >= 4 is 101 Å². The maximum atomic E-state index is 5.35. The second kappa shape index (κ2) is 6.79. The van der Waals surface area contributed by atoms with Gasteiger partial charge in [-0.3, -0.25) is 9.78 Å². The summed E-state index contributed by atoms with van der Waals surface area (Å²) in [6.07, 6.45) is 6.44. The molecule has 23 heavy (non-hydrogen) atoms. The van der Waals surface area contributed by atoms with Crippen LogP contribution in [0.2, 0.25) is 0 Å². The Hall–Kier alpha value is 0.710. The minimum absolute atomic E-state index is 0.365. The molecule has 11 heteroatoms. The number of fused-ring (bicyclic) bond motifs is 1. The largest absolute Gasteiger partial charge is 0.289 e. The molecule has 0 atom stereocenters. The van der Waals surface area contributed by atoms with Crippen LogP contribution in [0.5, 0.6) is 0 Å². The van der Waals surface area contributed by atoms with Crippen molar-refractivity contribution < 1.29 is 9.78 Å². The number of allylic oxidation sites excluding steroid dienone is 4. The Balaban J connectivity index is 2.17. The Morgan fingerprint density at radius 1 is 0.870 bits per heavy atom. The summed E-state index contributed by atoms with van der Waals surface area (Å²) in [6, 6.07) is 0. The molecule has 0 spiro atoms. The molecule has 0 fully saturated rings. The maximum absolute atomic E-state index is 5.35. The summed E-state index contributed by atoms with van der Waals surface area (Å²) in [4.78, 5) is 23.9. The number of hydrogen-bond acceptors (Lipinski definition) is 5. The van der Waals surface area contributed by atoms with Gasteiger partial charge in [-0.05, 0) is 12.5 Å². The van der Waals surface area contributed by atoms with Crippen molar-refractivity contribution in [3.63, 3.8) is 0 Å². The number of nitrogens with zero attached hydrogens (tertiary/aromatic N) is 3. The van der Waals surface area contributed by atoms with Crippen molar-refractivity contribution in [2.45, 2.75) is 10.7 Å². The second-order valence-corrected chi connectivity index (χ2v) is 18.0. The van der Waals surface area contributed by atoms with Gasteiger partial charge in [-0.25, -0.2) is 15.0 Å². The SMILES string of the molecule is BrC(Br)(Br)c1nc(C2=C3CC=CC=C3OO2)nc(C(Br)(Br)Br)n1. The van der Waals surface area contributed by atoms with E-state index in [-0.39, 0.29) is 0 Å². The molecule has 0 unspecified atom stereocenters. The normalized spacial score (nSPS) is 17.6. The van der Waals surface area contributed by atoms with E-state index in [0.29, 0.717) is 35.4 Å². The lowest BCUT2D eigenvalue weighted by atomic mass is 10.0. The van der Waals surface area contributed by atoms with Gasteiger partial charge in [0.2, 0.25) is 11.6 Å². The summed E-state index contributed by atoms with van der Waals surface area (Å²) in [5, 5.41) is 0. The summed E-state index contributed by atoms with van der Waals surface area (Å²) < 4.78 is -1.60. The molecule has 0 amide bonds. The lowest BCUT2D eigenvalue weighted by Crippen LogP contribution is -2.16. The quantitative estimate of drug-likeness (QED) is 0.267. The fourth-order valence-electron chi connectivity index (χ4n) is 1.87. The molecule has 1 aromatic rings. The van der Waals surface area contributed by atoms with Crippen molar-refractivity contribution in [2.75, 3.05) is 0 Å². The van der Waals surface area contributed by atoms with Gasteiger partial charge in [-0.15, -0.1) is 0 Å². The number of rotatable bonds is 1. The van der Waals surface area contributed by atoms with Crippen LogP contribution >= 0.6 is 95.6 Å². The van der Waals surface area contributed by atoms with Crippen molar-refractivity contribution in [3.05, 3.63) is 47.0 Å². The Bertz CT molecular complexity index is 716. The molecule has 0 saturated heterocycles. The minimum atomic E-state index is -0.798. The third kappa shape index (κ3) is 4.11. The van der Waals surface area contributed by atoms with Gasteiger partial charge in [-0.1, -0.05) is 108 Å². The number of halogens is 6. The number of alkyl halides is 6. The topological polar surface area (TPSA) is 57.1 Å². The van der Waals surface area contributed by atoms with Gasteiger partial charge in [0.25, 0.3) is 0 Å². The minimum Gasteiger partial charge on any atom is -0.289 e. The van der Waals surface area contributed by atoms with E-state index in [0.717, 1.165) is 5.57 Å². The van der Waals surface area contributed by atoms with Crippen LogP contribution in [0.25, 0.3) is 5.76 Å². The fourth-order valence-corrected chi connectivity index (χ4v) is 2.93. The molecule has 2 heterocycles. The van der Waals surface area contributed by atoms with Gasteiger partial charge < -0.3 is 0 Å². The molecule has 0 N–H and O–H groups in total. The Labute approximate surface area is 182 Å². The molecule has 122 valence electrons. The van der Waals surface area contributed by atoms with Crippen LogP contribution in [0.1, 0.15) is 23.9 Å².